The van der Waals surface area contributed by atoms with Crippen molar-refractivity contribution < 1.29 is 14.7 Å². The van der Waals surface area contributed by atoms with Crippen LogP contribution in [0.15, 0.2) is 0 Å². The number of nitrogens with one attached hydrogen (secondary N) is 1. The fourth-order valence-corrected chi connectivity index (χ4v) is 2.10. The predicted molar refractivity (Wildman–Crippen MR) is 67.0 cm³/mol. The summed E-state index contributed by atoms with van der Waals surface area (Å²) in [4.78, 5) is 21.9. The summed E-state index contributed by atoms with van der Waals surface area (Å²) in [6, 6.07) is 0. The van der Waals surface area contributed by atoms with Crippen molar-refractivity contribution in [1.82, 2.24) is 5.32 Å². The highest BCUT2D eigenvalue weighted by atomic mass is 35.5. The summed E-state index contributed by atoms with van der Waals surface area (Å²) in [5, 5.41) is 11.1. The average Bonchev–Trinajstić information content (AvgIpc) is 2.28. The first-order valence-electron chi connectivity index (χ1n) is 5.83. The van der Waals surface area contributed by atoms with E-state index < -0.39 is 5.97 Å². The smallest absolute Gasteiger partial charge is 0.305 e. The van der Waals surface area contributed by atoms with Crippen molar-refractivity contribution in [3.63, 3.8) is 0 Å². The first kappa shape index (κ1) is 16.2. The van der Waals surface area contributed by atoms with Gasteiger partial charge in [-0.2, -0.15) is 0 Å². The summed E-state index contributed by atoms with van der Waals surface area (Å²) < 4.78 is 0. The Kier molecular flexibility index (Phi) is 7.91. The van der Waals surface area contributed by atoms with Gasteiger partial charge in [0, 0.05) is 12.5 Å². The molecule has 0 heterocycles. The third-order valence-electron chi connectivity index (χ3n) is 3.19. The number of carboxylic acid groups (broad SMARTS) is 1. The maximum Gasteiger partial charge on any atom is 0.305 e. The number of carbonyl (C=O) groups is 2. The molecule has 6 heteroatoms. The van der Waals surface area contributed by atoms with Crippen molar-refractivity contribution in [2.24, 2.45) is 17.6 Å². The summed E-state index contributed by atoms with van der Waals surface area (Å²) in [6.45, 7) is 0.929. The fourth-order valence-electron chi connectivity index (χ4n) is 2.10. The van der Waals surface area contributed by atoms with Crippen molar-refractivity contribution in [1.29, 1.82) is 0 Å². The quantitative estimate of drug-likeness (QED) is 0.684. The number of carboxylic acids is 1. The summed E-state index contributed by atoms with van der Waals surface area (Å²) in [5.74, 6) is -0.275. The standard InChI is InChI=1S/C11H20N2O3.ClH/c12-7-8-1-3-9(4-2-8)11(16)13-6-5-10(14)15;/h8-9H,1-7,12H2,(H,13,16)(H,14,15);1H. The molecule has 0 atom stereocenters. The van der Waals surface area contributed by atoms with Gasteiger partial charge in [-0.05, 0) is 38.1 Å². The number of carbonyl (C=O) groups excluding carboxylic acids is 1. The van der Waals surface area contributed by atoms with Gasteiger partial charge in [-0.25, -0.2) is 0 Å². The third kappa shape index (κ3) is 5.89. The van der Waals surface area contributed by atoms with E-state index in [2.05, 4.69) is 5.32 Å². The largest absolute Gasteiger partial charge is 0.481 e. The highest BCUT2D eigenvalue weighted by molar-refractivity contribution is 5.85. The lowest BCUT2D eigenvalue weighted by Crippen LogP contribution is -2.35. The van der Waals surface area contributed by atoms with Crippen LogP contribution in [0.4, 0.5) is 0 Å². The number of rotatable bonds is 5. The normalized spacial score (nSPS) is 23.6. The minimum absolute atomic E-state index is 0. The average molecular weight is 265 g/mol. The zero-order valence-corrected chi connectivity index (χ0v) is 10.7. The zero-order chi connectivity index (χ0) is 12.0. The molecule has 0 aromatic heterocycles. The van der Waals surface area contributed by atoms with Crippen molar-refractivity contribution in [2.45, 2.75) is 32.1 Å². The molecule has 4 N–H and O–H groups in total. The minimum Gasteiger partial charge on any atom is -0.481 e. The number of hydrogen-bond acceptors (Lipinski definition) is 3. The van der Waals surface area contributed by atoms with Crippen molar-refractivity contribution in [3.8, 4) is 0 Å². The van der Waals surface area contributed by atoms with E-state index in [0.29, 0.717) is 12.5 Å². The Morgan fingerprint density at radius 2 is 1.82 bits per heavy atom. The minimum atomic E-state index is -0.882. The van der Waals surface area contributed by atoms with Crippen LogP contribution >= 0.6 is 12.4 Å². The number of aliphatic carboxylic acids is 1. The van der Waals surface area contributed by atoms with E-state index in [9.17, 15) is 9.59 Å². The van der Waals surface area contributed by atoms with Crippen LogP contribution in [0.25, 0.3) is 0 Å². The summed E-state index contributed by atoms with van der Waals surface area (Å²) in [6.07, 6.45) is 3.76. The summed E-state index contributed by atoms with van der Waals surface area (Å²) >= 11 is 0. The molecule has 1 rings (SSSR count). The molecule has 0 aromatic rings. The van der Waals surface area contributed by atoms with Gasteiger partial charge in [0.2, 0.25) is 5.91 Å². The fraction of sp³-hybridized carbons (Fsp3) is 0.818. The Labute approximate surface area is 108 Å². The molecule has 1 amide bonds. The molecule has 0 saturated heterocycles. The van der Waals surface area contributed by atoms with Gasteiger partial charge in [0.1, 0.15) is 0 Å². The molecule has 1 fully saturated rings. The van der Waals surface area contributed by atoms with Gasteiger partial charge in [-0.1, -0.05) is 0 Å². The highest BCUT2D eigenvalue weighted by Gasteiger charge is 2.25. The Hall–Kier alpha value is -0.810. The summed E-state index contributed by atoms with van der Waals surface area (Å²) in [7, 11) is 0. The second kappa shape index (κ2) is 8.31. The van der Waals surface area contributed by atoms with Gasteiger partial charge in [-0.3, -0.25) is 9.59 Å². The van der Waals surface area contributed by atoms with E-state index in [1.807, 2.05) is 0 Å². The second-order valence-electron chi connectivity index (χ2n) is 4.39. The van der Waals surface area contributed by atoms with Gasteiger partial charge in [0.05, 0.1) is 6.42 Å². The zero-order valence-electron chi connectivity index (χ0n) is 9.85. The van der Waals surface area contributed by atoms with Crippen LogP contribution in [0.2, 0.25) is 0 Å². The first-order chi connectivity index (χ1) is 7.63. The topological polar surface area (TPSA) is 92.4 Å². The number of hydrogen-bond donors (Lipinski definition) is 3. The van der Waals surface area contributed by atoms with Gasteiger partial charge < -0.3 is 16.2 Å². The maximum absolute atomic E-state index is 11.6. The van der Waals surface area contributed by atoms with Crippen LogP contribution in [0, 0.1) is 11.8 Å². The molecular weight excluding hydrogens is 244 g/mol. The Bertz CT molecular complexity index is 253. The van der Waals surface area contributed by atoms with Gasteiger partial charge in [-0.15, -0.1) is 12.4 Å². The Morgan fingerprint density at radius 3 is 2.29 bits per heavy atom. The lowest BCUT2D eigenvalue weighted by Gasteiger charge is -2.26. The van der Waals surface area contributed by atoms with E-state index in [1.54, 1.807) is 0 Å². The molecule has 0 aliphatic heterocycles. The molecule has 5 nitrogen and oxygen atoms in total. The molecule has 0 spiro atoms. The van der Waals surface area contributed by atoms with Crippen molar-refractivity contribution in [3.05, 3.63) is 0 Å². The SMILES string of the molecule is Cl.NCC1CCC(C(=O)NCCC(=O)O)CC1. The lowest BCUT2D eigenvalue weighted by atomic mass is 9.81. The molecule has 0 bridgehead atoms. The molecule has 100 valence electrons. The molecule has 1 aliphatic rings. The van der Waals surface area contributed by atoms with Crippen LogP contribution < -0.4 is 11.1 Å². The van der Waals surface area contributed by atoms with Crippen molar-refractivity contribution in [2.75, 3.05) is 13.1 Å². The highest BCUT2D eigenvalue weighted by Crippen LogP contribution is 2.27. The van der Waals surface area contributed by atoms with E-state index in [-0.39, 0.29) is 37.2 Å². The first-order valence-corrected chi connectivity index (χ1v) is 5.83. The van der Waals surface area contributed by atoms with Crippen molar-refractivity contribution >= 4 is 24.3 Å². The van der Waals surface area contributed by atoms with Crippen LogP contribution in [0.1, 0.15) is 32.1 Å². The predicted octanol–water partition coefficient (Wildman–Crippen LogP) is 0.764. The maximum atomic E-state index is 11.6. The van der Waals surface area contributed by atoms with E-state index in [1.165, 1.54) is 0 Å². The molecule has 17 heavy (non-hydrogen) atoms. The molecule has 0 unspecified atom stereocenters. The molecule has 0 aromatic carbocycles. The number of amides is 1. The van der Waals surface area contributed by atoms with E-state index in [4.69, 9.17) is 10.8 Å². The van der Waals surface area contributed by atoms with Gasteiger partial charge in [0.15, 0.2) is 0 Å². The number of halogens is 1. The number of nitrogens with two attached hydrogens (primary N) is 1. The molecule has 1 saturated carbocycles. The Balaban J connectivity index is 0.00000256. The lowest BCUT2D eigenvalue weighted by molar-refractivity contribution is -0.137. The monoisotopic (exact) mass is 264 g/mol. The molecular formula is C11H21ClN2O3. The van der Waals surface area contributed by atoms with Crippen LogP contribution in [-0.2, 0) is 9.59 Å². The van der Waals surface area contributed by atoms with Crippen LogP contribution in [0.5, 0.6) is 0 Å². The van der Waals surface area contributed by atoms with Gasteiger partial charge >= 0.3 is 5.97 Å². The van der Waals surface area contributed by atoms with Gasteiger partial charge in [0.25, 0.3) is 0 Å². The molecule has 0 radical (unpaired) electrons. The second-order valence-corrected chi connectivity index (χ2v) is 4.39. The van der Waals surface area contributed by atoms with E-state index in [0.717, 1.165) is 25.7 Å². The van der Waals surface area contributed by atoms with E-state index >= 15 is 0 Å². The van der Waals surface area contributed by atoms with Crippen LogP contribution in [-0.4, -0.2) is 30.1 Å². The van der Waals surface area contributed by atoms with Crippen LogP contribution in [0.3, 0.4) is 0 Å². The molecule has 1 aliphatic carbocycles. The third-order valence-corrected chi connectivity index (χ3v) is 3.19. The summed E-state index contributed by atoms with van der Waals surface area (Å²) in [5.41, 5.74) is 5.57. The Morgan fingerprint density at radius 1 is 1.24 bits per heavy atom.